The Balaban J connectivity index is 1.69. The van der Waals surface area contributed by atoms with Crippen LogP contribution in [0.15, 0.2) is 24.3 Å². The summed E-state index contributed by atoms with van der Waals surface area (Å²) in [4.78, 5) is 12.1. The molecule has 4 heteroatoms. The average Bonchev–Trinajstić information content (AvgIpc) is 2.50. The average molecular weight is 292 g/mol. The van der Waals surface area contributed by atoms with Crippen molar-refractivity contribution >= 4 is 17.7 Å². The summed E-state index contributed by atoms with van der Waals surface area (Å²) >= 11 is 1.88. The van der Waals surface area contributed by atoms with Crippen LogP contribution in [0.4, 0.5) is 0 Å². The smallest absolute Gasteiger partial charge is 0.237 e. The minimum absolute atomic E-state index is 0.0731. The topological polar surface area (TPSA) is 41.1 Å². The van der Waals surface area contributed by atoms with E-state index in [1.54, 1.807) is 0 Å². The first-order chi connectivity index (χ1) is 9.81. The lowest BCUT2D eigenvalue weighted by Gasteiger charge is -2.25. The quantitative estimate of drug-likeness (QED) is 0.758. The Kier molecular flexibility index (Phi) is 6.40. The third-order valence-corrected chi connectivity index (χ3v) is 4.42. The number of hydrogen-bond donors (Lipinski definition) is 2. The Morgan fingerprint density at radius 1 is 1.30 bits per heavy atom. The summed E-state index contributed by atoms with van der Waals surface area (Å²) in [5, 5.41) is 6.37. The Labute approximate surface area is 125 Å². The first kappa shape index (κ1) is 15.4. The summed E-state index contributed by atoms with van der Waals surface area (Å²) in [5.74, 6) is 1.36. The minimum atomic E-state index is -0.0731. The van der Waals surface area contributed by atoms with Gasteiger partial charge >= 0.3 is 0 Å². The number of hydrogen-bond acceptors (Lipinski definition) is 3. The van der Waals surface area contributed by atoms with E-state index in [1.807, 2.05) is 17.8 Å². The summed E-state index contributed by atoms with van der Waals surface area (Å²) in [6.45, 7) is 1.59. The van der Waals surface area contributed by atoms with E-state index in [2.05, 4.69) is 35.1 Å². The van der Waals surface area contributed by atoms with Crippen LogP contribution in [0.5, 0.6) is 0 Å². The maximum atomic E-state index is 12.1. The number of benzene rings is 1. The monoisotopic (exact) mass is 292 g/mol. The van der Waals surface area contributed by atoms with Crippen molar-refractivity contribution < 1.29 is 4.79 Å². The van der Waals surface area contributed by atoms with Crippen molar-refractivity contribution in [3.8, 4) is 0 Å². The van der Waals surface area contributed by atoms with Gasteiger partial charge in [-0.05, 0) is 42.4 Å². The highest BCUT2D eigenvalue weighted by Gasteiger charge is 2.23. The molecule has 110 valence electrons. The fourth-order valence-electron chi connectivity index (χ4n) is 2.52. The van der Waals surface area contributed by atoms with Crippen molar-refractivity contribution in [1.29, 1.82) is 0 Å². The molecule has 0 bridgehead atoms. The van der Waals surface area contributed by atoms with Crippen LogP contribution in [0.25, 0.3) is 0 Å². The van der Waals surface area contributed by atoms with E-state index >= 15 is 0 Å². The molecule has 1 atom stereocenters. The van der Waals surface area contributed by atoms with E-state index in [0.29, 0.717) is 0 Å². The van der Waals surface area contributed by atoms with Gasteiger partial charge in [-0.2, -0.15) is 11.8 Å². The van der Waals surface area contributed by atoms with Gasteiger partial charge in [0.15, 0.2) is 0 Å². The molecule has 1 aliphatic heterocycles. The molecule has 0 aromatic heterocycles. The highest BCUT2D eigenvalue weighted by molar-refractivity contribution is 7.98. The maximum Gasteiger partial charge on any atom is 0.237 e. The van der Waals surface area contributed by atoms with E-state index in [9.17, 15) is 4.79 Å². The second-order valence-corrected chi connectivity index (χ2v) is 6.24. The number of rotatable bonds is 7. The molecule has 0 saturated carbocycles. The Morgan fingerprint density at radius 3 is 2.90 bits per heavy atom. The summed E-state index contributed by atoms with van der Waals surface area (Å²) in [7, 11) is 0. The number of unbranched alkanes of at least 4 members (excludes halogenated alkanes) is 2. The molecular weight excluding hydrogens is 268 g/mol. The van der Waals surface area contributed by atoms with E-state index in [0.717, 1.165) is 25.9 Å². The number of nitrogens with one attached hydrogen (secondary N) is 2. The van der Waals surface area contributed by atoms with Gasteiger partial charge in [0.25, 0.3) is 0 Å². The largest absolute Gasteiger partial charge is 0.355 e. The number of carbonyl (C=O) groups is 1. The van der Waals surface area contributed by atoms with Gasteiger partial charge in [-0.25, -0.2) is 0 Å². The van der Waals surface area contributed by atoms with Gasteiger partial charge in [-0.3, -0.25) is 4.79 Å². The number of carbonyl (C=O) groups excluding carboxylic acids is 1. The summed E-state index contributed by atoms with van der Waals surface area (Å²) in [6, 6.07) is 8.28. The lowest BCUT2D eigenvalue weighted by molar-refractivity contribution is -0.123. The normalized spacial score (nSPS) is 17.6. The first-order valence-electron chi connectivity index (χ1n) is 7.38. The summed E-state index contributed by atoms with van der Waals surface area (Å²) in [6.07, 6.45) is 6.45. The predicted molar refractivity (Wildman–Crippen MR) is 86.0 cm³/mol. The second-order valence-electron chi connectivity index (χ2n) is 5.25. The third kappa shape index (κ3) is 4.53. The van der Waals surface area contributed by atoms with Crippen molar-refractivity contribution in [3.05, 3.63) is 35.4 Å². The third-order valence-electron chi connectivity index (χ3n) is 3.72. The highest BCUT2D eigenvalue weighted by atomic mass is 32.2. The second kappa shape index (κ2) is 8.32. The molecule has 1 aromatic carbocycles. The van der Waals surface area contributed by atoms with Crippen molar-refractivity contribution in [2.75, 3.05) is 18.6 Å². The van der Waals surface area contributed by atoms with Gasteiger partial charge in [0.1, 0.15) is 0 Å². The molecule has 0 spiro atoms. The van der Waals surface area contributed by atoms with Crippen LogP contribution in [0.1, 0.15) is 30.4 Å². The van der Waals surface area contributed by atoms with Crippen LogP contribution in [0.2, 0.25) is 0 Å². The summed E-state index contributed by atoms with van der Waals surface area (Å²) in [5.41, 5.74) is 2.61. The minimum Gasteiger partial charge on any atom is -0.355 e. The van der Waals surface area contributed by atoms with Crippen LogP contribution in [-0.4, -0.2) is 30.5 Å². The molecule has 0 radical (unpaired) electrons. The molecule has 1 aromatic rings. The van der Waals surface area contributed by atoms with E-state index in [-0.39, 0.29) is 11.9 Å². The highest BCUT2D eigenvalue weighted by Crippen LogP contribution is 2.16. The van der Waals surface area contributed by atoms with E-state index in [4.69, 9.17) is 0 Å². The molecule has 0 fully saturated rings. The lowest BCUT2D eigenvalue weighted by Crippen LogP contribution is -2.47. The zero-order valence-corrected chi connectivity index (χ0v) is 13.0. The van der Waals surface area contributed by atoms with Crippen molar-refractivity contribution in [1.82, 2.24) is 10.6 Å². The molecule has 1 aliphatic rings. The molecule has 0 unspecified atom stereocenters. The fourth-order valence-corrected chi connectivity index (χ4v) is 3.02. The molecule has 0 saturated heterocycles. The molecule has 2 N–H and O–H groups in total. The maximum absolute atomic E-state index is 12.1. The van der Waals surface area contributed by atoms with Crippen LogP contribution in [0.3, 0.4) is 0 Å². The Hall–Kier alpha value is -1.00. The molecule has 1 heterocycles. The van der Waals surface area contributed by atoms with Crippen LogP contribution in [0, 0.1) is 0 Å². The van der Waals surface area contributed by atoms with Crippen molar-refractivity contribution in [2.24, 2.45) is 0 Å². The molecule has 20 heavy (non-hydrogen) atoms. The van der Waals surface area contributed by atoms with Gasteiger partial charge in [0.05, 0.1) is 6.04 Å². The van der Waals surface area contributed by atoms with E-state index in [1.165, 1.54) is 29.7 Å². The van der Waals surface area contributed by atoms with Gasteiger partial charge in [0, 0.05) is 13.1 Å². The van der Waals surface area contributed by atoms with Crippen molar-refractivity contribution in [2.45, 2.75) is 38.3 Å². The Bertz CT molecular complexity index is 436. The van der Waals surface area contributed by atoms with Crippen molar-refractivity contribution in [3.63, 3.8) is 0 Å². The lowest BCUT2D eigenvalue weighted by atomic mass is 9.95. The van der Waals surface area contributed by atoms with E-state index < -0.39 is 0 Å². The molecule has 3 nitrogen and oxygen atoms in total. The van der Waals surface area contributed by atoms with Gasteiger partial charge in [-0.1, -0.05) is 30.7 Å². The SMILES string of the molecule is CSCCCCCNC(=O)[C@@H]1Cc2ccccc2CN1. The molecular formula is C16H24N2OS. The molecule has 2 rings (SSSR count). The van der Waals surface area contributed by atoms with Gasteiger partial charge in [-0.15, -0.1) is 0 Å². The van der Waals surface area contributed by atoms with Gasteiger partial charge < -0.3 is 10.6 Å². The Morgan fingerprint density at radius 2 is 2.10 bits per heavy atom. The number of fused-ring (bicyclic) bond motifs is 1. The number of amides is 1. The predicted octanol–water partition coefficient (Wildman–Crippen LogP) is 2.35. The molecule has 1 amide bonds. The van der Waals surface area contributed by atoms with Crippen LogP contribution >= 0.6 is 11.8 Å². The van der Waals surface area contributed by atoms with Crippen LogP contribution < -0.4 is 10.6 Å². The zero-order chi connectivity index (χ0) is 14.2. The standard InChI is InChI=1S/C16H24N2OS/c1-20-10-6-2-5-9-17-16(19)15-11-13-7-3-4-8-14(13)12-18-15/h3-4,7-8,15,18H,2,5-6,9-12H2,1H3,(H,17,19)/t15-/m0/s1. The fraction of sp³-hybridized carbons (Fsp3) is 0.562. The summed E-state index contributed by atoms with van der Waals surface area (Å²) < 4.78 is 0. The zero-order valence-electron chi connectivity index (χ0n) is 12.2. The molecule has 0 aliphatic carbocycles. The number of thioether (sulfide) groups is 1. The van der Waals surface area contributed by atoms with Crippen LogP contribution in [-0.2, 0) is 17.8 Å². The first-order valence-corrected chi connectivity index (χ1v) is 8.77. The van der Waals surface area contributed by atoms with Gasteiger partial charge in [0.2, 0.25) is 5.91 Å².